The maximum Gasteiger partial charge on any atom is 0.257 e. The molecule has 2 aromatic heterocycles. The van der Waals surface area contributed by atoms with Gasteiger partial charge in [-0.3, -0.25) is 9.78 Å². The molecule has 0 radical (unpaired) electrons. The monoisotopic (exact) mass is 437 g/mol. The lowest BCUT2D eigenvalue weighted by molar-refractivity contribution is 0.0713. The van der Waals surface area contributed by atoms with Crippen LogP contribution in [0.3, 0.4) is 0 Å². The molecular formula is C23H24ClN5O2. The molecule has 160 valence electrons. The van der Waals surface area contributed by atoms with E-state index in [-0.39, 0.29) is 24.4 Å². The molecule has 3 aromatic rings. The van der Waals surface area contributed by atoms with E-state index in [1.807, 2.05) is 29.2 Å². The second-order valence-corrected chi connectivity index (χ2v) is 7.79. The minimum atomic E-state index is -0.0250. The van der Waals surface area contributed by atoms with Crippen LogP contribution in [0.25, 0.3) is 11.4 Å². The number of aromatic nitrogens is 3. The van der Waals surface area contributed by atoms with Crippen molar-refractivity contribution in [2.45, 2.75) is 6.04 Å². The number of fused-ring (bicyclic) bond motifs is 1. The van der Waals surface area contributed by atoms with Gasteiger partial charge in [0.25, 0.3) is 5.91 Å². The van der Waals surface area contributed by atoms with E-state index in [0.29, 0.717) is 23.2 Å². The number of nitrogens with zero attached hydrogens (tertiary/aromatic N) is 4. The first-order chi connectivity index (χ1) is 14.7. The van der Waals surface area contributed by atoms with Gasteiger partial charge in [0.05, 0.1) is 18.7 Å². The first-order valence-electron chi connectivity index (χ1n) is 10.1. The third-order valence-corrected chi connectivity index (χ3v) is 6.10. The Hall–Kier alpha value is -3.03. The quantitative estimate of drug-likeness (QED) is 0.675. The number of amides is 1. The fourth-order valence-corrected chi connectivity index (χ4v) is 4.61. The van der Waals surface area contributed by atoms with Gasteiger partial charge in [-0.1, -0.05) is 12.1 Å². The summed E-state index contributed by atoms with van der Waals surface area (Å²) < 4.78 is 5.30. The topological polar surface area (TPSA) is 80.2 Å². The molecule has 0 aliphatic carbocycles. The number of benzene rings is 1. The van der Waals surface area contributed by atoms with E-state index in [9.17, 15) is 4.79 Å². The number of nitrogens with one attached hydrogen (secondary N) is 1. The number of ether oxygens (including phenoxy) is 1. The van der Waals surface area contributed by atoms with Crippen LogP contribution in [0.1, 0.15) is 22.0 Å². The summed E-state index contributed by atoms with van der Waals surface area (Å²) in [6.45, 7) is 2.59. The molecule has 2 aliphatic rings. The molecule has 0 unspecified atom stereocenters. The SMILES string of the molecule is COc1ccc([C@@H]2[C@H]3CNC[C@H]3CN2C(=O)c2cnc(-c3cccnc3)nc2)cc1.Cl. The highest BCUT2D eigenvalue weighted by Crippen LogP contribution is 2.43. The lowest BCUT2D eigenvalue weighted by Crippen LogP contribution is -2.34. The summed E-state index contributed by atoms with van der Waals surface area (Å²) in [5, 5.41) is 3.48. The lowest BCUT2D eigenvalue weighted by Gasteiger charge is -2.28. The van der Waals surface area contributed by atoms with Crippen LogP contribution in [0.2, 0.25) is 0 Å². The summed E-state index contributed by atoms with van der Waals surface area (Å²) >= 11 is 0. The van der Waals surface area contributed by atoms with Crippen molar-refractivity contribution in [3.8, 4) is 17.1 Å². The third-order valence-electron chi connectivity index (χ3n) is 6.10. The van der Waals surface area contributed by atoms with Gasteiger partial charge < -0.3 is 15.0 Å². The van der Waals surface area contributed by atoms with E-state index in [1.54, 1.807) is 31.9 Å². The fourth-order valence-electron chi connectivity index (χ4n) is 4.61. The number of pyridine rings is 1. The number of carbonyl (C=O) groups is 1. The molecule has 2 saturated heterocycles. The van der Waals surface area contributed by atoms with Crippen LogP contribution in [0.15, 0.2) is 61.2 Å². The van der Waals surface area contributed by atoms with Crippen LogP contribution in [0, 0.1) is 11.8 Å². The molecular weight excluding hydrogens is 414 g/mol. The molecule has 0 bridgehead atoms. The largest absolute Gasteiger partial charge is 0.497 e. The Kier molecular flexibility index (Phi) is 6.15. The highest BCUT2D eigenvalue weighted by atomic mass is 35.5. The Morgan fingerprint density at radius 3 is 2.55 bits per heavy atom. The molecule has 1 aromatic carbocycles. The predicted octanol–water partition coefficient (Wildman–Crippen LogP) is 3.00. The summed E-state index contributed by atoms with van der Waals surface area (Å²) in [5.74, 6) is 2.21. The zero-order valence-corrected chi connectivity index (χ0v) is 18.0. The second-order valence-electron chi connectivity index (χ2n) is 7.79. The second kappa shape index (κ2) is 8.99. The van der Waals surface area contributed by atoms with Crippen molar-refractivity contribution >= 4 is 18.3 Å². The minimum Gasteiger partial charge on any atom is -0.497 e. The molecule has 31 heavy (non-hydrogen) atoms. The number of methoxy groups -OCH3 is 1. The molecule has 3 atom stereocenters. The van der Waals surface area contributed by atoms with Crippen molar-refractivity contribution in [2.75, 3.05) is 26.7 Å². The minimum absolute atomic E-state index is 0. The molecule has 4 heterocycles. The highest BCUT2D eigenvalue weighted by molar-refractivity contribution is 5.94. The van der Waals surface area contributed by atoms with Crippen molar-refractivity contribution in [3.63, 3.8) is 0 Å². The zero-order chi connectivity index (χ0) is 20.5. The van der Waals surface area contributed by atoms with Gasteiger partial charge in [-0.15, -0.1) is 12.4 Å². The molecule has 2 aliphatic heterocycles. The normalized spacial score (nSPS) is 22.0. The molecule has 5 rings (SSSR count). The maximum atomic E-state index is 13.4. The van der Waals surface area contributed by atoms with Crippen molar-refractivity contribution in [1.82, 2.24) is 25.2 Å². The first-order valence-corrected chi connectivity index (χ1v) is 10.1. The van der Waals surface area contributed by atoms with Crippen LogP contribution in [-0.4, -0.2) is 52.5 Å². The average molecular weight is 438 g/mol. The van der Waals surface area contributed by atoms with Crippen LogP contribution < -0.4 is 10.1 Å². The van der Waals surface area contributed by atoms with Gasteiger partial charge >= 0.3 is 0 Å². The summed E-state index contributed by atoms with van der Waals surface area (Å²) in [7, 11) is 1.66. The van der Waals surface area contributed by atoms with E-state index in [0.717, 1.165) is 36.5 Å². The number of likely N-dealkylation sites (tertiary alicyclic amines) is 1. The fraction of sp³-hybridized carbons (Fsp3) is 0.304. The first kappa shape index (κ1) is 21.2. The van der Waals surface area contributed by atoms with Crippen molar-refractivity contribution in [1.29, 1.82) is 0 Å². The molecule has 1 N–H and O–H groups in total. The summed E-state index contributed by atoms with van der Waals surface area (Å²) in [5.41, 5.74) is 2.47. The van der Waals surface area contributed by atoms with Crippen LogP contribution in [0.4, 0.5) is 0 Å². The van der Waals surface area contributed by atoms with Gasteiger partial charge in [0.1, 0.15) is 5.75 Å². The van der Waals surface area contributed by atoms with Crippen molar-refractivity contribution in [2.24, 2.45) is 11.8 Å². The van der Waals surface area contributed by atoms with E-state index < -0.39 is 0 Å². The lowest BCUT2D eigenvalue weighted by atomic mass is 9.89. The molecule has 0 saturated carbocycles. The smallest absolute Gasteiger partial charge is 0.257 e. The molecule has 0 spiro atoms. The van der Waals surface area contributed by atoms with E-state index in [1.165, 1.54) is 0 Å². The summed E-state index contributed by atoms with van der Waals surface area (Å²) in [4.78, 5) is 28.3. The van der Waals surface area contributed by atoms with Crippen molar-refractivity contribution in [3.05, 3.63) is 72.3 Å². The average Bonchev–Trinajstić information content (AvgIpc) is 3.41. The summed E-state index contributed by atoms with van der Waals surface area (Å²) in [6.07, 6.45) is 6.66. The molecule has 7 nitrogen and oxygen atoms in total. The van der Waals surface area contributed by atoms with Gasteiger partial charge in [0, 0.05) is 55.9 Å². The van der Waals surface area contributed by atoms with Gasteiger partial charge in [-0.25, -0.2) is 9.97 Å². The number of hydrogen-bond donors (Lipinski definition) is 1. The predicted molar refractivity (Wildman–Crippen MR) is 119 cm³/mol. The highest BCUT2D eigenvalue weighted by Gasteiger charge is 2.46. The Morgan fingerprint density at radius 1 is 1.10 bits per heavy atom. The number of rotatable bonds is 4. The van der Waals surface area contributed by atoms with Gasteiger partial charge in [0.15, 0.2) is 5.82 Å². The van der Waals surface area contributed by atoms with Crippen LogP contribution in [-0.2, 0) is 0 Å². The molecule has 1 amide bonds. The third kappa shape index (κ3) is 3.98. The van der Waals surface area contributed by atoms with E-state index in [4.69, 9.17) is 4.74 Å². The summed E-state index contributed by atoms with van der Waals surface area (Å²) in [6, 6.07) is 11.8. The Morgan fingerprint density at radius 2 is 1.87 bits per heavy atom. The van der Waals surface area contributed by atoms with E-state index >= 15 is 0 Å². The Labute approximate surface area is 187 Å². The Bertz CT molecular complexity index is 1030. The Balaban J connectivity index is 0.00000231. The number of carbonyl (C=O) groups excluding carboxylic acids is 1. The van der Waals surface area contributed by atoms with Crippen molar-refractivity contribution < 1.29 is 9.53 Å². The number of hydrogen-bond acceptors (Lipinski definition) is 6. The van der Waals surface area contributed by atoms with Crippen LogP contribution >= 0.6 is 12.4 Å². The molecule has 2 fully saturated rings. The van der Waals surface area contributed by atoms with Crippen LogP contribution in [0.5, 0.6) is 5.75 Å². The van der Waals surface area contributed by atoms with Gasteiger partial charge in [0.2, 0.25) is 0 Å². The maximum absolute atomic E-state index is 13.4. The standard InChI is InChI=1S/C23H23N5O2.ClH/c1-30-19-6-4-15(5-7-19)21-20-13-25-10-18(20)14-28(21)23(29)17-11-26-22(27-12-17)16-3-2-8-24-9-16;/h2-9,11-12,18,20-21,25H,10,13-14H2,1H3;1H/t18-,20-,21+;/m0./s1. The molecule has 8 heteroatoms. The number of halogens is 1. The van der Waals surface area contributed by atoms with Gasteiger partial charge in [-0.2, -0.15) is 0 Å². The van der Waals surface area contributed by atoms with Gasteiger partial charge in [-0.05, 0) is 35.7 Å². The van der Waals surface area contributed by atoms with E-state index in [2.05, 4.69) is 32.4 Å². The zero-order valence-electron chi connectivity index (χ0n) is 17.1.